The van der Waals surface area contributed by atoms with Crippen LogP contribution in [0, 0.1) is 10.1 Å². The zero-order valence-corrected chi connectivity index (χ0v) is 10.8. The van der Waals surface area contributed by atoms with Crippen molar-refractivity contribution in [3.63, 3.8) is 0 Å². The monoisotopic (exact) mass is 292 g/mol. The summed E-state index contributed by atoms with van der Waals surface area (Å²) in [5.41, 5.74) is 0.567. The highest BCUT2D eigenvalue weighted by Gasteiger charge is 2.12. The van der Waals surface area contributed by atoms with Gasteiger partial charge in [-0.15, -0.1) is 0 Å². The molecule has 0 saturated carbocycles. The summed E-state index contributed by atoms with van der Waals surface area (Å²) in [7, 11) is 0. The number of non-ortho nitro benzene ring substituents is 1. The summed E-state index contributed by atoms with van der Waals surface area (Å²) in [6, 6.07) is 10.2. The molecule has 0 fully saturated rings. The minimum Gasteiger partial charge on any atom is -0.478 e. The summed E-state index contributed by atoms with van der Waals surface area (Å²) in [4.78, 5) is 21.3. The number of halogens is 1. The average Bonchev–Trinajstić information content (AvgIpc) is 2.38. The molecule has 2 N–H and O–H groups in total. The lowest BCUT2D eigenvalue weighted by atomic mass is 10.1. The molecular weight excluding hydrogens is 284 g/mol. The Balaban J connectivity index is 2.40. The van der Waals surface area contributed by atoms with Crippen molar-refractivity contribution < 1.29 is 14.8 Å². The third-order valence-corrected chi connectivity index (χ3v) is 2.75. The van der Waals surface area contributed by atoms with Gasteiger partial charge in [-0.3, -0.25) is 10.1 Å². The largest absolute Gasteiger partial charge is 0.478 e. The van der Waals surface area contributed by atoms with Gasteiger partial charge >= 0.3 is 5.97 Å². The van der Waals surface area contributed by atoms with E-state index in [2.05, 4.69) is 5.32 Å². The van der Waals surface area contributed by atoms with Gasteiger partial charge in [-0.1, -0.05) is 23.7 Å². The van der Waals surface area contributed by atoms with E-state index in [1.165, 1.54) is 24.3 Å². The number of aromatic carboxylic acids is 1. The number of nitro benzene ring substituents is 1. The van der Waals surface area contributed by atoms with Crippen molar-refractivity contribution in [3.05, 3.63) is 63.2 Å². The highest BCUT2D eigenvalue weighted by atomic mass is 35.5. The first-order chi connectivity index (χ1) is 9.47. The molecule has 0 aliphatic rings. The zero-order valence-electron chi connectivity index (χ0n) is 10.0. The molecule has 0 spiro atoms. The molecule has 0 amide bonds. The van der Waals surface area contributed by atoms with E-state index in [1.807, 2.05) is 0 Å². The fourth-order valence-electron chi connectivity index (χ4n) is 1.69. The molecule has 0 unspecified atom stereocenters. The summed E-state index contributed by atoms with van der Waals surface area (Å²) >= 11 is 5.80. The molecule has 2 aromatic carbocycles. The van der Waals surface area contributed by atoms with Crippen LogP contribution in [0.5, 0.6) is 0 Å². The van der Waals surface area contributed by atoms with Gasteiger partial charge in [-0.2, -0.15) is 0 Å². The second-order valence-electron chi connectivity index (χ2n) is 3.93. The number of hydrogen-bond donors (Lipinski definition) is 2. The highest BCUT2D eigenvalue weighted by molar-refractivity contribution is 6.31. The molecule has 0 heterocycles. The minimum absolute atomic E-state index is 0.0649. The molecule has 2 rings (SSSR count). The number of anilines is 2. The third kappa shape index (κ3) is 3.04. The van der Waals surface area contributed by atoms with Crippen LogP contribution in [0.1, 0.15) is 10.4 Å². The first-order valence-electron chi connectivity index (χ1n) is 5.51. The zero-order chi connectivity index (χ0) is 14.7. The van der Waals surface area contributed by atoms with Crippen LogP contribution in [0.2, 0.25) is 5.02 Å². The van der Waals surface area contributed by atoms with Crippen LogP contribution in [0.15, 0.2) is 42.5 Å². The standard InChI is InChI=1S/C13H9ClN2O4/c14-8-5-9(7-10(6-8)16(19)20)15-12-4-2-1-3-11(12)13(17)18/h1-7,15H,(H,17,18). The fourth-order valence-corrected chi connectivity index (χ4v) is 1.92. The van der Waals surface area contributed by atoms with E-state index in [0.717, 1.165) is 0 Å². The normalized spacial score (nSPS) is 10.1. The predicted octanol–water partition coefficient (Wildman–Crippen LogP) is 3.69. The number of benzene rings is 2. The van der Waals surface area contributed by atoms with Crippen molar-refractivity contribution in [3.8, 4) is 0 Å². The second kappa shape index (κ2) is 5.58. The quantitative estimate of drug-likeness (QED) is 0.662. The Morgan fingerprint density at radius 1 is 1.25 bits per heavy atom. The minimum atomic E-state index is -1.09. The van der Waals surface area contributed by atoms with Crippen LogP contribution < -0.4 is 5.32 Å². The number of carboxylic acids is 1. The highest BCUT2D eigenvalue weighted by Crippen LogP contribution is 2.27. The van der Waals surface area contributed by atoms with Gasteiger partial charge in [0.1, 0.15) is 0 Å². The number of nitrogens with zero attached hydrogens (tertiary/aromatic N) is 1. The summed E-state index contributed by atoms with van der Waals surface area (Å²) in [5, 5.41) is 22.8. The van der Waals surface area contributed by atoms with E-state index >= 15 is 0 Å². The molecular formula is C13H9ClN2O4. The van der Waals surface area contributed by atoms with E-state index in [4.69, 9.17) is 16.7 Å². The van der Waals surface area contributed by atoms with Crippen molar-refractivity contribution in [2.45, 2.75) is 0 Å². The van der Waals surface area contributed by atoms with Gasteiger partial charge in [0.2, 0.25) is 0 Å². The number of rotatable bonds is 4. The van der Waals surface area contributed by atoms with Crippen LogP contribution in [0.4, 0.5) is 17.1 Å². The van der Waals surface area contributed by atoms with Crippen molar-refractivity contribution in [1.29, 1.82) is 0 Å². The Morgan fingerprint density at radius 3 is 2.60 bits per heavy atom. The van der Waals surface area contributed by atoms with Gasteiger partial charge in [0, 0.05) is 22.8 Å². The molecule has 0 aromatic heterocycles. The molecule has 0 saturated heterocycles. The molecule has 0 radical (unpaired) electrons. The lowest BCUT2D eigenvalue weighted by Gasteiger charge is -2.09. The maximum atomic E-state index is 11.1. The van der Waals surface area contributed by atoms with Crippen LogP contribution >= 0.6 is 11.6 Å². The molecule has 6 nitrogen and oxygen atoms in total. The molecule has 0 aliphatic heterocycles. The van der Waals surface area contributed by atoms with Crippen LogP contribution in [-0.4, -0.2) is 16.0 Å². The number of carbonyl (C=O) groups is 1. The van der Waals surface area contributed by atoms with Gasteiger partial charge in [-0.25, -0.2) is 4.79 Å². The summed E-state index contributed by atoms with van der Waals surface area (Å²) < 4.78 is 0. The van der Waals surface area contributed by atoms with E-state index in [0.29, 0.717) is 11.4 Å². The first kappa shape index (κ1) is 13.8. The Hall–Kier alpha value is -2.60. The molecule has 0 aliphatic carbocycles. The van der Waals surface area contributed by atoms with Gasteiger partial charge in [0.25, 0.3) is 5.69 Å². The van der Waals surface area contributed by atoms with Crippen LogP contribution in [-0.2, 0) is 0 Å². The SMILES string of the molecule is O=C(O)c1ccccc1Nc1cc(Cl)cc([N+](=O)[O-])c1. The smallest absolute Gasteiger partial charge is 0.337 e. The van der Waals surface area contributed by atoms with Gasteiger partial charge in [0.05, 0.1) is 16.2 Å². The van der Waals surface area contributed by atoms with E-state index in [1.54, 1.807) is 18.2 Å². The number of nitro groups is 1. The van der Waals surface area contributed by atoms with Crippen molar-refractivity contribution in [2.24, 2.45) is 0 Å². The number of para-hydroxylation sites is 1. The predicted molar refractivity (Wildman–Crippen MR) is 74.8 cm³/mol. The molecule has 0 bridgehead atoms. The lowest BCUT2D eigenvalue weighted by molar-refractivity contribution is -0.384. The summed E-state index contributed by atoms with van der Waals surface area (Å²) in [6.45, 7) is 0. The Labute approximate surface area is 118 Å². The van der Waals surface area contributed by atoms with Crippen LogP contribution in [0.3, 0.4) is 0 Å². The van der Waals surface area contributed by atoms with E-state index in [9.17, 15) is 14.9 Å². The second-order valence-corrected chi connectivity index (χ2v) is 4.37. The molecule has 7 heteroatoms. The molecule has 20 heavy (non-hydrogen) atoms. The number of hydrogen-bond acceptors (Lipinski definition) is 4. The Kier molecular flexibility index (Phi) is 3.86. The Morgan fingerprint density at radius 2 is 1.95 bits per heavy atom. The van der Waals surface area contributed by atoms with Gasteiger partial charge < -0.3 is 10.4 Å². The lowest BCUT2D eigenvalue weighted by Crippen LogP contribution is -2.02. The number of carboxylic acid groups (broad SMARTS) is 1. The van der Waals surface area contributed by atoms with Crippen molar-refractivity contribution >= 4 is 34.6 Å². The fraction of sp³-hybridized carbons (Fsp3) is 0. The third-order valence-electron chi connectivity index (χ3n) is 2.53. The molecule has 2 aromatic rings. The summed E-state index contributed by atoms with van der Waals surface area (Å²) in [5.74, 6) is -1.09. The first-order valence-corrected chi connectivity index (χ1v) is 5.89. The van der Waals surface area contributed by atoms with E-state index < -0.39 is 10.9 Å². The van der Waals surface area contributed by atoms with Gasteiger partial charge in [0.15, 0.2) is 0 Å². The topological polar surface area (TPSA) is 92.5 Å². The molecule has 102 valence electrons. The summed E-state index contributed by atoms with van der Waals surface area (Å²) in [6.07, 6.45) is 0. The van der Waals surface area contributed by atoms with Crippen molar-refractivity contribution in [1.82, 2.24) is 0 Å². The maximum absolute atomic E-state index is 11.1. The molecule has 0 atom stereocenters. The number of nitrogens with one attached hydrogen (secondary N) is 1. The Bertz CT molecular complexity index is 688. The van der Waals surface area contributed by atoms with E-state index in [-0.39, 0.29) is 16.3 Å². The average molecular weight is 293 g/mol. The van der Waals surface area contributed by atoms with Gasteiger partial charge in [-0.05, 0) is 18.2 Å². The van der Waals surface area contributed by atoms with Crippen LogP contribution in [0.25, 0.3) is 0 Å². The van der Waals surface area contributed by atoms with Crippen molar-refractivity contribution in [2.75, 3.05) is 5.32 Å². The maximum Gasteiger partial charge on any atom is 0.337 e.